The number of non-ortho nitro benzene ring substituents is 1. The van der Waals surface area contributed by atoms with Gasteiger partial charge in [-0.2, -0.15) is 0 Å². The Kier molecular flexibility index (Phi) is 3.66. The number of hydrogen-bond donors (Lipinski definition) is 2. The van der Waals surface area contributed by atoms with E-state index in [2.05, 4.69) is 0 Å². The Hall–Kier alpha value is -2.15. The zero-order chi connectivity index (χ0) is 14.0. The molecule has 0 bridgehead atoms. The first kappa shape index (κ1) is 13.3. The molecule has 1 fully saturated rings. The summed E-state index contributed by atoms with van der Waals surface area (Å²) in [7, 11) is 0. The molecule has 0 radical (unpaired) electrons. The SMILES string of the molecule is O=C(O)c1ccc([N+](=O)[O-])cc1N(CCO)C1CC1. The molecule has 0 unspecified atom stereocenters. The topological polar surface area (TPSA) is 104 Å². The minimum Gasteiger partial charge on any atom is -0.478 e. The Morgan fingerprint density at radius 2 is 2.16 bits per heavy atom. The third kappa shape index (κ3) is 2.82. The standard InChI is InChI=1S/C12H14N2O5/c15-6-5-13(8-1-2-8)11-7-9(14(18)19)3-4-10(11)12(16)17/h3-4,7-8,15H,1-2,5-6H2,(H,16,17). The van der Waals surface area contributed by atoms with Crippen LogP contribution in [0.1, 0.15) is 23.2 Å². The monoisotopic (exact) mass is 266 g/mol. The Bertz CT molecular complexity index is 513. The van der Waals surface area contributed by atoms with Crippen molar-refractivity contribution in [3.05, 3.63) is 33.9 Å². The molecular formula is C12H14N2O5. The molecule has 0 spiro atoms. The minimum absolute atomic E-state index is 0.0194. The molecule has 1 saturated carbocycles. The summed E-state index contributed by atoms with van der Waals surface area (Å²) < 4.78 is 0. The van der Waals surface area contributed by atoms with Gasteiger partial charge < -0.3 is 15.1 Å². The normalized spacial score (nSPS) is 14.2. The molecule has 102 valence electrons. The summed E-state index contributed by atoms with van der Waals surface area (Å²) in [6.45, 7) is 0.143. The van der Waals surface area contributed by atoms with E-state index in [1.54, 1.807) is 4.90 Å². The maximum absolute atomic E-state index is 11.2. The molecule has 0 aliphatic heterocycles. The molecule has 19 heavy (non-hydrogen) atoms. The third-order valence-corrected chi connectivity index (χ3v) is 3.06. The van der Waals surface area contributed by atoms with Gasteiger partial charge in [0.2, 0.25) is 0 Å². The van der Waals surface area contributed by atoms with Crippen LogP contribution in [-0.2, 0) is 0 Å². The van der Waals surface area contributed by atoms with Gasteiger partial charge in [-0.3, -0.25) is 10.1 Å². The van der Waals surface area contributed by atoms with Crippen molar-refractivity contribution >= 4 is 17.3 Å². The van der Waals surface area contributed by atoms with Gasteiger partial charge in [0.1, 0.15) is 0 Å². The number of nitro groups is 1. The first-order chi connectivity index (χ1) is 9.04. The highest BCUT2D eigenvalue weighted by atomic mass is 16.6. The quantitative estimate of drug-likeness (QED) is 0.593. The van der Waals surface area contributed by atoms with E-state index in [0.29, 0.717) is 5.69 Å². The first-order valence-electron chi connectivity index (χ1n) is 5.94. The van der Waals surface area contributed by atoms with Crippen LogP contribution in [-0.4, -0.2) is 40.3 Å². The predicted molar refractivity (Wildman–Crippen MR) is 67.5 cm³/mol. The first-order valence-corrected chi connectivity index (χ1v) is 5.94. The second-order valence-corrected chi connectivity index (χ2v) is 4.41. The van der Waals surface area contributed by atoms with Crippen LogP contribution in [0, 0.1) is 10.1 Å². The number of nitrogens with zero attached hydrogens (tertiary/aromatic N) is 2. The maximum atomic E-state index is 11.2. The molecular weight excluding hydrogens is 252 g/mol. The highest BCUT2D eigenvalue weighted by molar-refractivity contribution is 5.95. The van der Waals surface area contributed by atoms with Gasteiger partial charge in [0, 0.05) is 24.7 Å². The molecule has 0 saturated heterocycles. The van der Waals surface area contributed by atoms with Crippen LogP contribution in [0.5, 0.6) is 0 Å². The largest absolute Gasteiger partial charge is 0.478 e. The van der Waals surface area contributed by atoms with Crippen molar-refractivity contribution in [2.24, 2.45) is 0 Å². The summed E-state index contributed by atoms with van der Waals surface area (Å²) in [6.07, 6.45) is 1.81. The van der Waals surface area contributed by atoms with Crippen molar-refractivity contribution < 1.29 is 19.9 Å². The number of aliphatic hydroxyl groups is 1. The summed E-state index contributed by atoms with van der Waals surface area (Å²) in [5, 5.41) is 29.0. The van der Waals surface area contributed by atoms with E-state index in [4.69, 9.17) is 10.2 Å². The number of nitro benzene ring substituents is 1. The van der Waals surface area contributed by atoms with E-state index in [0.717, 1.165) is 12.8 Å². The van der Waals surface area contributed by atoms with Gasteiger partial charge in [0.25, 0.3) is 5.69 Å². The Morgan fingerprint density at radius 3 is 2.63 bits per heavy atom. The molecule has 1 aliphatic rings. The summed E-state index contributed by atoms with van der Waals surface area (Å²) in [5.41, 5.74) is 0.174. The van der Waals surface area contributed by atoms with Crippen molar-refractivity contribution in [1.82, 2.24) is 0 Å². The van der Waals surface area contributed by atoms with Crippen LogP contribution in [0.3, 0.4) is 0 Å². The second kappa shape index (κ2) is 5.23. The fourth-order valence-corrected chi connectivity index (χ4v) is 2.05. The summed E-state index contributed by atoms with van der Waals surface area (Å²) in [6, 6.07) is 3.84. The van der Waals surface area contributed by atoms with Crippen LogP contribution in [0.4, 0.5) is 11.4 Å². The van der Waals surface area contributed by atoms with Gasteiger partial charge in [-0.1, -0.05) is 0 Å². The summed E-state index contributed by atoms with van der Waals surface area (Å²) >= 11 is 0. The number of hydrogen-bond acceptors (Lipinski definition) is 5. The van der Waals surface area contributed by atoms with E-state index >= 15 is 0 Å². The zero-order valence-corrected chi connectivity index (χ0v) is 10.2. The number of benzene rings is 1. The van der Waals surface area contributed by atoms with Crippen molar-refractivity contribution in [1.29, 1.82) is 0 Å². The lowest BCUT2D eigenvalue weighted by Gasteiger charge is -2.25. The van der Waals surface area contributed by atoms with Crippen LogP contribution in [0.2, 0.25) is 0 Å². The molecule has 1 aliphatic carbocycles. The Labute approximate surface area is 109 Å². The molecule has 1 aromatic carbocycles. The number of carboxylic acids is 1. The molecule has 7 nitrogen and oxygen atoms in total. The number of aliphatic hydroxyl groups excluding tert-OH is 1. The molecule has 2 N–H and O–H groups in total. The molecule has 2 rings (SSSR count). The molecule has 1 aromatic rings. The van der Waals surface area contributed by atoms with E-state index in [1.165, 1.54) is 18.2 Å². The fourth-order valence-electron chi connectivity index (χ4n) is 2.05. The second-order valence-electron chi connectivity index (χ2n) is 4.41. The number of rotatable bonds is 6. The average Bonchev–Trinajstić information content (AvgIpc) is 3.19. The highest BCUT2D eigenvalue weighted by Crippen LogP contribution is 2.35. The van der Waals surface area contributed by atoms with Crippen molar-refractivity contribution in [3.63, 3.8) is 0 Å². The highest BCUT2D eigenvalue weighted by Gasteiger charge is 2.32. The molecule has 0 aromatic heterocycles. The minimum atomic E-state index is -1.13. The number of anilines is 1. The summed E-state index contributed by atoms with van der Waals surface area (Å²) in [5.74, 6) is -1.13. The fraction of sp³-hybridized carbons (Fsp3) is 0.417. The summed E-state index contributed by atoms with van der Waals surface area (Å²) in [4.78, 5) is 23.2. The Morgan fingerprint density at radius 1 is 1.47 bits per heavy atom. The van der Waals surface area contributed by atoms with Crippen molar-refractivity contribution in [2.45, 2.75) is 18.9 Å². The molecule has 0 atom stereocenters. The van der Waals surface area contributed by atoms with Gasteiger partial charge in [-0.15, -0.1) is 0 Å². The number of carbonyl (C=O) groups is 1. The third-order valence-electron chi connectivity index (χ3n) is 3.06. The van der Waals surface area contributed by atoms with Gasteiger partial charge in [0.05, 0.1) is 22.8 Å². The van der Waals surface area contributed by atoms with Crippen molar-refractivity contribution in [3.8, 4) is 0 Å². The van der Waals surface area contributed by atoms with Gasteiger partial charge >= 0.3 is 5.97 Å². The van der Waals surface area contributed by atoms with Gasteiger partial charge in [-0.05, 0) is 18.9 Å². The van der Waals surface area contributed by atoms with Crippen molar-refractivity contribution in [2.75, 3.05) is 18.1 Å². The Balaban J connectivity index is 2.46. The lowest BCUT2D eigenvalue weighted by Crippen LogP contribution is -2.30. The smallest absolute Gasteiger partial charge is 0.337 e. The zero-order valence-electron chi connectivity index (χ0n) is 10.2. The van der Waals surface area contributed by atoms with E-state index in [9.17, 15) is 14.9 Å². The lowest BCUT2D eigenvalue weighted by molar-refractivity contribution is -0.384. The van der Waals surface area contributed by atoms with E-state index in [-0.39, 0.29) is 30.4 Å². The lowest BCUT2D eigenvalue weighted by atomic mass is 10.1. The number of aromatic carboxylic acids is 1. The van der Waals surface area contributed by atoms with Crippen LogP contribution in [0.25, 0.3) is 0 Å². The number of carboxylic acid groups (broad SMARTS) is 1. The van der Waals surface area contributed by atoms with Crippen LogP contribution >= 0.6 is 0 Å². The van der Waals surface area contributed by atoms with E-state index in [1.807, 2.05) is 0 Å². The van der Waals surface area contributed by atoms with Crippen LogP contribution in [0.15, 0.2) is 18.2 Å². The molecule has 0 amide bonds. The molecule has 7 heteroatoms. The predicted octanol–water partition coefficient (Wildman–Crippen LogP) is 1.25. The molecule has 0 heterocycles. The van der Waals surface area contributed by atoms with Gasteiger partial charge in [0.15, 0.2) is 0 Å². The maximum Gasteiger partial charge on any atom is 0.337 e. The van der Waals surface area contributed by atoms with E-state index < -0.39 is 10.9 Å². The average molecular weight is 266 g/mol. The van der Waals surface area contributed by atoms with Gasteiger partial charge in [-0.25, -0.2) is 4.79 Å². The van der Waals surface area contributed by atoms with Crippen LogP contribution < -0.4 is 4.90 Å².